The summed E-state index contributed by atoms with van der Waals surface area (Å²) in [5, 5.41) is 0. The zero-order valence-corrected chi connectivity index (χ0v) is 10.7. The zero-order chi connectivity index (χ0) is 12.2. The molecule has 0 N–H and O–H groups in total. The molecular weight excluding hydrogens is 198 g/mol. The number of aryl methyl sites for hydroxylation is 1. The van der Waals surface area contributed by atoms with Crippen LogP contribution in [0.5, 0.6) is 0 Å². The molecule has 0 aliphatic rings. The van der Waals surface area contributed by atoms with Crippen molar-refractivity contribution in [2.75, 3.05) is 0 Å². The van der Waals surface area contributed by atoms with Crippen molar-refractivity contribution in [3.63, 3.8) is 0 Å². The Morgan fingerprint density at radius 1 is 1.38 bits per heavy atom. The van der Waals surface area contributed by atoms with E-state index in [4.69, 9.17) is 0 Å². The van der Waals surface area contributed by atoms with Crippen molar-refractivity contribution in [3.8, 4) is 0 Å². The van der Waals surface area contributed by atoms with Crippen molar-refractivity contribution in [2.45, 2.75) is 47.0 Å². The minimum atomic E-state index is 0.00651. The van der Waals surface area contributed by atoms with E-state index in [1.807, 2.05) is 6.20 Å². The van der Waals surface area contributed by atoms with E-state index < -0.39 is 0 Å². The summed E-state index contributed by atoms with van der Waals surface area (Å²) in [5.74, 6) is 0.246. The largest absolute Gasteiger partial charge is 0.300 e. The van der Waals surface area contributed by atoms with Crippen LogP contribution in [0.1, 0.15) is 45.4 Å². The first kappa shape index (κ1) is 12.9. The highest BCUT2D eigenvalue weighted by Crippen LogP contribution is 2.25. The van der Waals surface area contributed by atoms with E-state index in [-0.39, 0.29) is 11.2 Å². The van der Waals surface area contributed by atoms with E-state index in [9.17, 15) is 4.79 Å². The molecule has 0 aliphatic heterocycles. The van der Waals surface area contributed by atoms with Gasteiger partial charge in [-0.1, -0.05) is 26.8 Å². The van der Waals surface area contributed by atoms with Crippen LogP contribution in [0.25, 0.3) is 0 Å². The summed E-state index contributed by atoms with van der Waals surface area (Å²) in [6.45, 7) is 8.00. The second kappa shape index (κ2) is 5.24. The maximum atomic E-state index is 11.1. The molecule has 0 aliphatic carbocycles. The number of hydrogen-bond acceptors (Lipinski definition) is 2. The van der Waals surface area contributed by atoms with Gasteiger partial charge in [0.25, 0.3) is 0 Å². The van der Waals surface area contributed by atoms with Crippen molar-refractivity contribution < 1.29 is 4.79 Å². The van der Waals surface area contributed by atoms with E-state index >= 15 is 0 Å². The maximum absolute atomic E-state index is 11.1. The van der Waals surface area contributed by atoms with Crippen LogP contribution >= 0.6 is 0 Å². The Labute approximate surface area is 98.1 Å². The first-order valence-corrected chi connectivity index (χ1v) is 5.86. The van der Waals surface area contributed by atoms with Crippen LogP contribution in [0, 0.1) is 5.41 Å². The quantitative estimate of drug-likeness (QED) is 0.761. The normalized spacial score (nSPS) is 11.5. The van der Waals surface area contributed by atoms with Gasteiger partial charge in [-0.05, 0) is 36.8 Å². The average molecular weight is 219 g/mol. The molecule has 16 heavy (non-hydrogen) atoms. The van der Waals surface area contributed by atoms with E-state index in [2.05, 4.69) is 37.9 Å². The molecule has 0 saturated carbocycles. The molecule has 88 valence electrons. The molecule has 2 heteroatoms. The van der Waals surface area contributed by atoms with Gasteiger partial charge in [0.2, 0.25) is 0 Å². The van der Waals surface area contributed by atoms with Gasteiger partial charge in [0.1, 0.15) is 5.78 Å². The van der Waals surface area contributed by atoms with Gasteiger partial charge in [-0.25, -0.2) is 0 Å². The lowest BCUT2D eigenvalue weighted by Gasteiger charge is -2.22. The molecule has 1 rings (SSSR count). The number of rotatable bonds is 5. The van der Waals surface area contributed by atoms with E-state index in [0.717, 1.165) is 18.5 Å². The number of carbonyl (C=O) groups excluding carboxylic acids is 1. The third-order valence-electron chi connectivity index (χ3n) is 2.68. The molecule has 0 unspecified atom stereocenters. The summed E-state index contributed by atoms with van der Waals surface area (Å²) in [5.41, 5.74) is 2.34. The lowest BCUT2D eigenvalue weighted by atomic mass is 9.83. The molecule has 2 nitrogen and oxygen atoms in total. The fraction of sp³-hybridized carbons (Fsp3) is 0.571. The van der Waals surface area contributed by atoms with Crippen LogP contribution in [0.2, 0.25) is 0 Å². The number of ketones is 1. The fourth-order valence-corrected chi connectivity index (χ4v) is 2.00. The minimum Gasteiger partial charge on any atom is -0.300 e. The van der Waals surface area contributed by atoms with Crippen molar-refractivity contribution in [1.82, 2.24) is 4.98 Å². The lowest BCUT2D eigenvalue weighted by molar-refractivity contribution is -0.118. The zero-order valence-electron chi connectivity index (χ0n) is 10.7. The molecule has 0 amide bonds. The summed E-state index contributed by atoms with van der Waals surface area (Å²) >= 11 is 0. The molecule has 1 aromatic rings. The summed E-state index contributed by atoms with van der Waals surface area (Å²) in [6.07, 6.45) is 4.42. The Hall–Kier alpha value is -1.18. The number of nitrogens with zero attached hydrogens (tertiary/aromatic N) is 1. The topological polar surface area (TPSA) is 30.0 Å². The minimum absolute atomic E-state index is 0.00651. The monoisotopic (exact) mass is 219 g/mol. The van der Waals surface area contributed by atoms with Crippen LogP contribution in [-0.4, -0.2) is 10.8 Å². The third kappa shape index (κ3) is 4.13. The number of carbonyl (C=O) groups is 1. The van der Waals surface area contributed by atoms with Crippen LogP contribution < -0.4 is 0 Å². The van der Waals surface area contributed by atoms with Gasteiger partial charge in [-0.15, -0.1) is 0 Å². The van der Waals surface area contributed by atoms with Crippen LogP contribution in [-0.2, 0) is 17.6 Å². The van der Waals surface area contributed by atoms with Gasteiger partial charge in [0, 0.05) is 18.3 Å². The van der Waals surface area contributed by atoms with Crippen molar-refractivity contribution >= 4 is 5.78 Å². The first-order valence-electron chi connectivity index (χ1n) is 5.86. The summed E-state index contributed by atoms with van der Waals surface area (Å²) in [4.78, 5) is 15.6. The average Bonchev–Trinajstić information content (AvgIpc) is 2.16. The highest BCUT2D eigenvalue weighted by molar-refractivity contribution is 5.76. The second-order valence-corrected chi connectivity index (χ2v) is 5.23. The van der Waals surface area contributed by atoms with Gasteiger partial charge in [-0.2, -0.15) is 0 Å². The summed E-state index contributed by atoms with van der Waals surface area (Å²) in [7, 11) is 0. The standard InChI is InChI=1S/C14H21NO/c1-5-12-6-7-13(15-10-12)9-14(3,4)8-11(2)16/h6-7,10H,5,8-9H2,1-4H3. The van der Waals surface area contributed by atoms with Crippen LogP contribution in [0.15, 0.2) is 18.3 Å². The molecular formula is C14H21NO. The Balaban J connectivity index is 2.68. The van der Waals surface area contributed by atoms with E-state index in [1.165, 1.54) is 5.56 Å². The maximum Gasteiger partial charge on any atom is 0.130 e. The van der Waals surface area contributed by atoms with Gasteiger partial charge < -0.3 is 4.79 Å². The molecule has 1 aromatic heterocycles. The number of Topliss-reactive ketones (excluding diaryl/α,β-unsaturated/α-hetero) is 1. The first-order chi connectivity index (χ1) is 7.43. The molecule has 0 radical (unpaired) electrons. The predicted molar refractivity (Wildman–Crippen MR) is 66.4 cm³/mol. The third-order valence-corrected chi connectivity index (χ3v) is 2.68. The SMILES string of the molecule is CCc1ccc(CC(C)(C)CC(C)=O)nc1. The van der Waals surface area contributed by atoms with Gasteiger partial charge >= 0.3 is 0 Å². The number of aromatic nitrogens is 1. The van der Waals surface area contributed by atoms with E-state index in [1.54, 1.807) is 6.92 Å². The number of pyridine rings is 1. The van der Waals surface area contributed by atoms with Crippen molar-refractivity contribution in [2.24, 2.45) is 5.41 Å². The number of hydrogen-bond donors (Lipinski definition) is 0. The lowest BCUT2D eigenvalue weighted by Crippen LogP contribution is -2.19. The van der Waals surface area contributed by atoms with Crippen molar-refractivity contribution in [1.29, 1.82) is 0 Å². The van der Waals surface area contributed by atoms with Crippen molar-refractivity contribution in [3.05, 3.63) is 29.6 Å². The van der Waals surface area contributed by atoms with Crippen LogP contribution in [0.4, 0.5) is 0 Å². The van der Waals surface area contributed by atoms with Gasteiger partial charge in [0.15, 0.2) is 0 Å². The smallest absolute Gasteiger partial charge is 0.130 e. The summed E-state index contributed by atoms with van der Waals surface area (Å²) in [6, 6.07) is 4.19. The molecule has 0 fully saturated rings. The van der Waals surface area contributed by atoms with Crippen LogP contribution in [0.3, 0.4) is 0 Å². The Kier molecular flexibility index (Phi) is 4.22. The molecule has 1 heterocycles. The molecule has 0 spiro atoms. The fourth-order valence-electron chi connectivity index (χ4n) is 2.00. The van der Waals surface area contributed by atoms with Gasteiger partial charge in [-0.3, -0.25) is 4.98 Å². The second-order valence-electron chi connectivity index (χ2n) is 5.23. The summed E-state index contributed by atoms with van der Waals surface area (Å²) < 4.78 is 0. The molecule has 0 aromatic carbocycles. The molecule has 0 saturated heterocycles. The molecule has 0 atom stereocenters. The highest BCUT2D eigenvalue weighted by Gasteiger charge is 2.21. The predicted octanol–water partition coefficient (Wildman–Crippen LogP) is 3.19. The highest BCUT2D eigenvalue weighted by atomic mass is 16.1. The van der Waals surface area contributed by atoms with Gasteiger partial charge in [0.05, 0.1) is 0 Å². The van der Waals surface area contributed by atoms with E-state index in [0.29, 0.717) is 6.42 Å². The molecule has 0 bridgehead atoms. The Bertz CT molecular complexity index is 352. The Morgan fingerprint density at radius 3 is 2.50 bits per heavy atom. The Morgan fingerprint density at radius 2 is 2.06 bits per heavy atom.